The number of rotatable bonds is 8. The fourth-order valence-corrected chi connectivity index (χ4v) is 2.37. The van der Waals surface area contributed by atoms with Gasteiger partial charge in [0.2, 0.25) is 0 Å². The molecule has 0 fully saturated rings. The molecular formula is C15H19ClN2O4S. The largest absolute Gasteiger partial charge is 0.451 e. The summed E-state index contributed by atoms with van der Waals surface area (Å²) in [5, 5.41) is 2.87. The number of thioether (sulfide) groups is 1. The second-order valence-corrected chi connectivity index (χ2v) is 6.16. The maximum absolute atomic E-state index is 12.3. The Morgan fingerprint density at radius 2 is 2.00 bits per heavy atom. The van der Waals surface area contributed by atoms with Crippen molar-refractivity contribution in [2.45, 2.75) is 25.5 Å². The normalized spacial score (nSPS) is 13.0. The number of carbonyl (C=O) groups is 3. The summed E-state index contributed by atoms with van der Waals surface area (Å²) in [5.74, 6) is -1.30. The highest BCUT2D eigenvalue weighted by molar-refractivity contribution is 7.98. The van der Waals surface area contributed by atoms with Gasteiger partial charge in [0.05, 0.1) is 10.6 Å². The summed E-state index contributed by atoms with van der Waals surface area (Å²) in [6.07, 6.45) is 1.18. The van der Waals surface area contributed by atoms with E-state index in [0.717, 1.165) is 0 Å². The number of primary amides is 1. The lowest BCUT2D eigenvalue weighted by Crippen LogP contribution is -2.44. The standard InChI is InChI=1S/C15H19ClN2O4S/c1-9(13(17)19)22-15(21)12(7-8-23-2)18-14(20)10-5-3-4-6-11(10)16/h3-6,9,12H,7-8H2,1-2H3,(H2,17,19)(H,18,20). The molecule has 0 saturated heterocycles. The Hall–Kier alpha value is -1.73. The first-order valence-electron chi connectivity index (χ1n) is 6.91. The summed E-state index contributed by atoms with van der Waals surface area (Å²) in [5.41, 5.74) is 5.33. The van der Waals surface area contributed by atoms with E-state index in [0.29, 0.717) is 12.2 Å². The number of benzene rings is 1. The fraction of sp³-hybridized carbons (Fsp3) is 0.400. The van der Waals surface area contributed by atoms with Crippen LogP contribution in [0.1, 0.15) is 23.7 Å². The van der Waals surface area contributed by atoms with Gasteiger partial charge in [-0.15, -0.1) is 0 Å². The summed E-state index contributed by atoms with van der Waals surface area (Å²) in [6, 6.07) is 5.63. The summed E-state index contributed by atoms with van der Waals surface area (Å²) in [7, 11) is 0. The third-order valence-corrected chi connectivity index (χ3v) is 3.99. The Kier molecular flexibility index (Phi) is 7.91. The first-order valence-corrected chi connectivity index (χ1v) is 8.68. The Bertz CT molecular complexity index is 582. The maximum Gasteiger partial charge on any atom is 0.329 e. The SMILES string of the molecule is CSCCC(NC(=O)c1ccccc1Cl)C(=O)OC(C)C(N)=O. The quantitative estimate of drug-likeness (QED) is 0.688. The van der Waals surface area contributed by atoms with Crippen LogP contribution in [-0.2, 0) is 14.3 Å². The first kappa shape index (κ1) is 19.3. The van der Waals surface area contributed by atoms with Crippen molar-refractivity contribution in [3.63, 3.8) is 0 Å². The fourth-order valence-electron chi connectivity index (χ4n) is 1.68. The molecule has 0 heterocycles. The molecule has 1 aromatic rings. The molecule has 0 bridgehead atoms. The average molecular weight is 359 g/mol. The van der Waals surface area contributed by atoms with Crippen LogP contribution in [0.15, 0.2) is 24.3 Å². The molecular weight excluding hydrogens is 340 g/mol. The number of hydrogen-bond acceptors (Lipinski definition) is 5. The molecule has 2 atom stereocenters. The Balaban J connectivity index is 2.81. The van der Waals surface area contributed by atoms with E-state index in [-0.39, 0.29) is 10.6 Å². The van der Waals surface area contributed by atoms with Gasteiger partial charge in [-0.05, 0) is 37.5 Å². The number of halogens is 1. The monoisotopic (exact) mass is 358 g/mol. The van der Waals surface area contributed by atoms with Crippen LogP contribution in [0.3, 0.4) is 0 Å². The van der Waals surface area contributed by atoms with Crippen LogP contribution in [0.2, 0.25) is 5.02 Å². The van der Waals surface area contributed by atoms with Crippen molar-refractivity contribution >= 4 is 41.1 Å². The molecule has 126 valence electrons. The second-order valence-electron chi connectivity index (χ2n) is 4.77. The minimum Gasteiger partial charge on any atom is -0.451 e. The van der Waals surface area contributed by atoms with Gasteiger partial charge in [0.15, 0.2) is 6.10 Å². The molecule has 23 heavy (non-hydrogen) atoms. The molecule has 0 radical (unpaired) electrons. The van der Waals surface area contributed by atoms with Crippen LogP contribution in [0.25, 0.3) is 0 Å². The topological polar surface area (TPSA) is 98.5 Å². The zero-order valence-corrected chi connectivity index (χ0v) is 14.4. The zero-order valence-electron chi connectivity index (χ0n) is 12.9. The van der Waals surface area contributed by atoms with Gasteiger partial charge in [0.25, 0.3) is 11.8 Å². The van der Waals surface area contributed by atoms with Crippen LogP contribution in [0.5, 0.6) is 0 Å². The van der Waals surface area contributed by atoms with Gasteiger partial charge in [-0.1, -0.05) is 23.7 Å². The minimum absolute atomic E-state index is 0.263. The van der Waals surface area contributed by atoms with E-state index in [1.165, 1.54) is 18.7 Å². The van der Waals surface area contributed by atoms with E-state index in [1.54, 1.807) is 24.3 Å². The van der Waals surface area contributed by atoms with E-state index >= 15 is 0 Å². The lowest BCUT2D eigenvalue weighted by molar-refractivity contribution is -0.155. The smallest absolute Gasteiger partial charge is 0.329 e. The lowest BCUT2D eigenvalue weighted by Gasteiger charge is -2.19. The minimum atomic E-state index is -1.06. The van der Waals surface area contributed by atoms with Crippen molar-refractivity contribution < 1.29 is 19.1 Å². The van der Waals surface area contributed by atoms with Crippen LogP contribution in [0.4, 0.5) is 0 Å². The van der Waals surface area contributed by atoms with Crippen molar-refractivity contribution in [2.75, 3.05) is 12.0 Å². The molecule has 0 spiro atoms. The van der Waals surface area contributed by atoms with Gasteiger partial charge < -0.3 is 15.8 Å². The second kappa shape index (κ2) is 9.42. The van der Waals surface area contributed by atoms with Gasteiger partial charge in [0, 0.05) is 0 Å². The number of nitrogens with two attached hydrogens (primary N) is 1. The van der Waals surface area contributed by atoms with Crippen molar-refractivity contribution in [3.05, 3.63) is 34.9 Å². The lowest BCUT2D eigenvalue weighted by atomic mass is 10.1. The summed E-state index contributed by atoms with van der Waals surface area (Å²) in [4.78, 5) is 35.4. The highest BCUT2D eigenvalue weighted by Gasteiger charge is 2.26. The van der Waals surface area contributed by atoms with Crippen molar-refractivity contribution in [1.82, 2.24) is 5.32 Å². The summed E-state index contributed by atoms with van der Waals surface area (Å²) in [6.45, 7) is 1.38. The van der Waals surface area contributed by atoms with Gasteiger partial charge in [0.1, 0.15) is 6.04 Å². The molecule has 0 saturated carbocycles. The van der Waals surface area contributed by atoms with Gasteiger partial charge >= 0.3 is 5.97 Å². The van der Waals surface area contributed by atoms with E-state index in [1.807, 2.05) is 6.26 Å². The molecule has 2 unspecified atom stereocenters. The Morgan fingerprint density at radius 1 is 1.35 bits per heavy atom. The number of amides is 2. The maximum atomic E-state index is 12.3. The third kappa shape index (κ3) is 6.11. The summed E-state index contributed by atoms with van der Waals surface area (Å²) < 4.78 is 4.97. The highest BCUT2D eigenvalue weighted by atomic mass is 35.5. The van der Waals surface area contributed by atoms with Crippen molar-refractivity contribution in [2.24, 2.45) is 5.73 Å². The van der Waals surface area contributed by atoms with Gasteiger partial charge in [-0.25, -0.2) is 4.79 Å². The van der Waals surface area contributed by atoms with Crippen LogP contribution < -0.4 is 11.1 Å². The van der Waals surface area contributed by atoms with Crippen molar-refractivity contribution in [1.29, 1.82) is 0 Å². The molecule has 8 heteroatoms. The number of carbonyl (C=O) groups excluding carboxylic acids is 3. The van der Waals surface area contributed by atoms with Crippen molar-refractivity contribution in [3.8, 4) is 0 Å². The number of ether oxygens (including phenoxy) is 1. The van der Waals surface area contributed by atoms with E-state index in [2.05, 4.69) is 5.32 Å². The molecule has 0 aliphatic heterocycles. The molecule has 0 aromatic heterocycles. The van der Waals surface area contributed by atoms with E-state index < -0.39 is 29.9 Å². The predicted octanol–water partition coefficient (Wildman–Crippen LogP) is 1.61. The van der Waals surface area contributed by atoms with Crippen LogP contribution in [0, 0.1) is 0 Å². The third-order valence-electron chi connectivity index (χ3n) is 3.01. The first-order chi connectivity index (χ1) is 10.9. The van der Waals surface area contributed by atoms with Crippen LogP contribution in [-0.4, -0.2) is 41.9 Å². The average Bonchev–Trinajstić information content (AvgIpc) is 2.51. The molecule has 0 aliphatic rings. The number of nitrogens with one attached hydrogen (secondary N) is 1. The van der Waals surface area contributed by atoms with Gasteiger partial charge in [-0.3, -0.25) is 9.59 Å². The number of hydrogen-bond donors (Lipinski definition) is 2. The molecule has 1 rings (SSSR count). The molecule has 2 amide bonds. The van der Waals surface area contributed by atoms with E-state index in [9.17, 15) is 14.4 Å². The zero-order chi connectivity index (χ0) is 17.4. The Labute approximate surface area is 144 Å². The number of esters is 1. The molecule has 6 nitrogen and oxygen atoms in total. The predicted molar refractivity (Wildman–Crippen MR) is 90.5 cm³/mol. The molecule has 3 N–H and O–H groups in total. The summed E-state index contributed by atoms with van der Waals surface area (Å²) >= 11 is 7.49. The highest BCUT2D eigenvalue weighted by Crippen LogP contribution is 2.15. The van der Waals surface area contributed by atoms with Gasteiger partial charge in [-0.2, -0.15) is 11.8 Å². The Morgan fingerprint density at radius 3 is 2.57 bits per heavy atom. The van der Waals surface area contributed by atoms with E-state index in [4.69, 9.17) is 22.1 Å². The molecule has 0 aliphatic carbocycles. The molecule has 1 aromatic carbocycles. The van der Waals surface area contributed by atoms with Crippen LogP contribution >= 0.6 is 23.4 Å².